The van der Waals surface area contributed by atoms with Gasteiger partial charge in [0.25, 0.3) is 0 Å². The molecule has 0 spiro atoms. The molecule has 5 heteroatoms. The van der Waals surface area contributed by atoms with Crippen LogP contribution in [0.3, 0.4) is 0 Å². The molecule has 0 bridgehead atoms. The van der Waals surface area contributed by atoms with Crippen molar-refractivity contribution in [2.75, 3.05) is 17.2 Å². The monoisotopic (exact) mass is 371 g/mol. The Kier molecular flexibility index (Phi) is 4.98. The fourth-order valence-corrected chi connectivity index (χ4v) is 3.37. The van der Waals surface area contributed by atoms with Gasteiger partial charge in [0.2, 0.25) is 5.95 Å². The second-order valence-corrected chi connectivity index (χ2v) is 7.20. The summed E-state index contributed by atoms with van der Waals surface area (Å²) in [6.45, 7) is 6.96. The van der Waals surface area contributed by atoms with Crippen molar-refractivity contribution in [3.63, 3.8) is 0 Å². The molecule has 5 nitrogen and oxygen atoms in total. The van der Waals surface area contributed by atoms with E-state index in [9.17, 15) is 0 Å². The summed E-state index contributed by atoms with van der Waals surface area (Å²) in [5, 5.41) is 8.07. The summed E-state index contributed by atoms with van der Waals surface area (Å²) in [6, 6.07) is 16.7. The van der Waals surface area contributed by atoms with E-state index < -0.39 is 0 Å². The predicted octanol–water partition coefficient (Wildman–Crippen LogP) is 5.28. The number of fused-ring (bicyclic) bond motifs is 1. The summed E-state index contributed by atoms with van der Waals surface area (Å²) >= 11 is 0. The molecule has 0 fully saturated rings. The number of aromatic nitrogens is 3. The first-order chi connectivity index (χ1) is 13.6. The summed E-state index contributed by atoms with van der Waals surface area (Å²) < 4.78 is 0. The number of hydrogen-bond acceptors (Lipinski definition) is 4. The van der Waals surface area contributed by atoms with Gasteiger partial charge < -0.3 is 15.6 Å². The zero-order valence-corrected chi connectivity index (χ0v) is 16.5. The third-order valence-electron chi connectivity index (χ3n) is 4.87. The normalized spacial score (nSPS) is 11.0. The first-order valence-corrected chi connectivity index (χ1v) is 9.57. The number of para-hydroxylation sites is 1. The largest absolute Gasteiger partial charge is 0.370 e. The average molecular weight is 371 g/mol. The molecule has 142 valence electrons. The molecule has 2 aromatic heterocycles. The van der Waals surface area contributed by atoms with Crippen molar-refractivity contribution in [3.05, 3.63) is 77.1 Å². The van der Waals surface area contributed by atoms with E-state index in [4.69, 9.17) is 0 Å². The second-order valence-electron chi connectivity index (χ2n) is 7.20. The molecule has 2 aromatic carbocycles. The molecule has 0 aliphatic carbocycles. The zero-order chi connectivity index (χ0) is 19.5. The minimum absolute atomic E-state index is 0.614. The van der Waals surface area contributed by atoms with Gasteiger partial charge >= 0.3 is 0 Å². The molecular formula is C23H25N5. The molecule has 2 heterocycles. The smallest absolute Gasteiger partial charge is 0.229 e. The fourth-order valence-electron chi connectivity index (χ4n) is 3.37. The Morgan fingerprint density at radius 3 is 2.71 bits per heavy atom. The number of H-pyrrole nitrogens is 1. The molecule has 0 radical (unpaired) electrons. The van der Waals surface area contributed by atoms with Crippen LogP contribution < -0.4 is 10.6 Å². The topological polar surface area (TPSA) is 65.6 Å². The highest BCUT2D eigenvalue weighted by Crippen LogP contribution is 2.21. The molecule has 3 N–H and O–H groups in total. The van der Waals surface area contributed by atoms with Gasteiger partial charge in [0.1, 0.15) is 5.82 Å². The van der Waals surface area contributed by atoms with E-state index in [2.05, 4.69) is 88.1 Å². The molecule has 0 saturated carbocycles. The maximum Gasteiger partial charge on any atom is 0.229 e. The first-order valence-electron chi connectivity index (χ1n) is 9.57. The van der Waals surface area contributed by atoms with Gasteiger partial charge in [-0.25, -0.2) is 4.98 Å². The lowest BCUT2D eigenvalue weighted by Gasteiger charge is -2.12. The van der Waals surface area contributed by atoms with Crippen molar-refractivity contribution in [1.82, 2.24) is 15.0 Å². The van der Waals surface area contributed by atoms with E-state index in [1.165, 1.54) is 27.6 Å². The van der Waals surface area contributed by atoms with Crippen molar-refractivity contribution < 1.29 is 0 Å². The van der Waals surface area contributed by atoms with Crippen LogP contribution in [0.2, 0.25) is 0 Å². The summed E-state index contributed by atoms with van der Waals surface area (Å²) in [4.78, 5) is 12.5. The highest BCUT2D eigenvalue weighted by Gasteiger charge is 2.06. The number of aryl methyl sites for hydroxylation is 3. The Bertz CT molecular complexity index is 1110. The van der Waals surface area contributed by atoms with Gasteiger partial charge in [-0.15, -0.1) is 0 Å². The molecule has 0 amide bonds. The van der Waals surface area contributed by atoms with Crippen LogP contribution in [-0.4, -0.2) is 21.5 Å². The molecule has 4 rings (SSSR count). The highest BCUT2D eigenvalue weighted by molar-refractivity contribution is 5.83. The number of hydrogen-bond donors (Lipinski definition) is 3. The fraction of sp³-hybridized carbons (Fsp3) is 0.217. The first kappa shape index (κ1) is 18.0. The maximum atomic E-state index is 4.64. The van der Waals surface area contributed by atoms with E-state index in [0.717, 1.165) is 30.2 Å². The lowest BCUT2D eigenvalue weighted by Crippen LogP contribution is -2.09. The van der Waals surface area contributed by atoms with E-state index in [-0.39, 0.29) is 0 Å². The number of nitrogens with one attached hydrogen (secondary N) is 3. The lowest BCUT2D eigenvalue weighted by atomic mass is 10.1. The third kappa shape index (κ3) is 3.98. The molecule has 4 aromatic rings. The van der Waals surface area contributed by atoms with Gasteiger partial charge in [-0.05, 0) is 56.0 Å². The summed E-state index contributed by atoms with van der Waals surface area (Å²) in [5.74, 6) is 1.45. The van der Waals surface area contributed by atoms with Crippen LogP contribution in [0.4, 0.5) is 17.5 Å². The van der Waals surface area contributed by atoms with Crippen LogP contribution in [0.15, 0.2) is 54.7 Å². The Morgan fingerprint density at radius 1 is 0.964 bits per heavy atom. The SMILES string of the molecule is Cc1ccc(C)c(Nc2nc(C)cc(NCCc3c[nH]c4ccccc34)n2)c1. The summed E-state index contributed by atoms with van der Waals surface area (Å²) in [7, 11) is 0. The number of benzene rings is 2. The van der Waals surface area contributed by atoms with Crippen molar-refractivity contribution >= 4 is 28.4 Å². The maximum absolute atomic E-state index is 4.64. The van der Waals surface area contributed by atoms with E-state index >= 15 is 0 Å². The van der Waals surface area contributed by atoms with E-state index in [0.29, 0.717) is 5.95 Å². The van der Waals surface area contributed by atoms with Gasteiger partial charge in [-0.2, -0.15) is 4.98 Å². The Hall–Kier alpha value is -3.34. The van der Waals surface area contributed by atoms with Gasteiger partial charge in [0.05, 0.1) is 0 Å². The van der Waals surface area contributed by atoms with Crippen LogP contribution in [0.5, 0.6) is 0 Å². The van der Waals surface area contributed by atoms with E-state index in [1.807, 2.05) is 13.0 Å². The van der Waals surface area contributed by atoms with Crippen LogP contribution in [0.25, 0.3) is 10.9 Å². The molecule has 0 aliphatic heterocycles. The van der Waals surface area contributed by atoms with Crippen LogP contribution in [-0.2, 0) is 6.42 Å². The number of anilines is 3. The molecule has 0 unspecified atom stereocenters. The van der Waals surface area contributed by atoms with Crippen molar-refractivity contribution in [2.24, 2.45) is 0 Å². The zero-order valence-electron chi connectivity index (χ0n) is 16.5. The Balaban J connectivity index is 1.46. The average Bonchev–Trinajstić information content (AvgIpc) is 3.08. The molecule has 0 atom stereocenters. The van der Waals surface area contributed by atoms with E-state index in [1.54, 1.807) is 0 Å². The quantitative estimate of drug-likeness (QED) is 0.431. The molecule has 28 heavy (non-hydrogen) atoms. The number of nitrogens with zero attached hydrogens (tertiary/aromatic N) is 2. The van der Waals surface area contributed by atoms with Gasteiger partial charge in [-0.3, -0.25) is 0 Å². The number of rotatable bonds is 6. The summed E-state index contributed by atoms with van der Waals surface area (Å²) in [5.41, 5.74) is 6.83. The van der Waals surface area contributed by atoms with Gasteiger partial charge in [-0.1, -0.05) is 30.3 Å². The Morgan fingerprint density at radius 2 is 1.82 bits per heavy atom. The second kappa shape index (κ2) is 7.72. The minimum atomic E-state index is 0.614. The summed E-state index contributed by atoms with van der Waals surface area (Å²) in [6.07, 6.45) is 3.01. The van der Waals surface area contributed by atoms with Gasteiger partial charge in [0.15, 0.2) is 0 Å². The van der Waals surface area contributed by atoms with Crippen LogP contribution >= 0.6 is 0 Å². The third-order valence-corrected chi connectivity index (χ3v) is 4.87. The number of aromatic amines is 1. The standard InChI is InChI=1S/C23H25N5/c1-15-8-9-16(2)21(12-15)27-23-26-17(3)13-22(28-23)24-11-10-18-14-25-20-7-5-4-6-19(18)20/h4-9,12-14,25H,10-11H2,1-3H3,(H2,24,26,27,28). The van der Waals surface area contributed by atoms with Crippen molar-refractivity contribution in [1.29, 1.82) is 0 Å². The highest BCUT2D eigenvalue weighted by atomic mass is 15.1. The van der Waals surface area contributed by atoms with Crippen LogP contribution in [0.1, 0.15) is 22.4 Å². The Labute approximate surface area is 165 Å². The van der Waals surface area contributed by atoms with Crippen LogP contribution in [0, 0.1) is 20.8 Å². The molecular weight excluding hydrogens is 346 g/mol. The lowest BCUT2D eigenvalue weighted by molar-refractivity contribution is 1.00. The van der Waals surface area contributed by atoms with Crippen molar-refractivity contribution in [3.8, 4) is 0 Å². The molecule has 0 saturated heterocycles. The molecule has 0 aliphatic rings. The minimum Gasteiger partial charge on any atom is -0.370 e. The van der Waals surface area contributed by atoms with Crippen molar-refractivity contribution in [2.45, 2.75) is 27.2 Å². The van der Waals surface area contributed by atoms with Gasteiger partial charge in [0, 0.05) is 41.1 Å². The predicted molar refractivity (Wildman–Crippen MR) is 116 cm³/mol.